The quantitative estimate of drug-likeness (QED) is 0.919. The molecule has 0 spiro atoms. The Morgan fingerprint density at radius 3 is 2.37 bits per heavy atom. The highest BCUT2D eigenvalue weighted by Crippen LogP contribution is 2.68. The van der Waals surface area contributed by atoms with Crippen molar-refractivity contribution in [3.63, 3.8) is 0 Å². The minimum atomic E-state index is -3.66. The third kappa shape index (κ3) is 2.53. The lowest BCUT2D eigenvalue weighted by atomic mass is 10.0. The standard InChI is InChI=1S/C12H18N2O3S2/c1-11(2)9(12(11,3)4)10(15)14-19(16,17)6-8-5-18-7-13-8/h5,7,9H,6H2,1-4H3,(H,14,15). The number of nitrogens with one attached hydrogen (secondary N) is 1. The van der Waals surface area contributed by atoms with Crippen molar-refractivity contribution in [3.8, 4) is 0 Å². The lowest BCUT2D eigenvalue weighted by Crippen LogP contribution is -2.34. The number of hydrogen-bond donors (Lipinski definition) is 1. The van der Waals surface area contributed by atoms with Crippen molar-refractivity contribution >= 4 is 27.3 Å². The summed E-state index contributed by atoms with van der Waals surface area (Å²) in [5.74, 6) is -0.939. The van der Waals surface area contributed by atoms with Gasteiger partial charge in [-0.15, -0.1) is 11.3 Å². The van der Waals surface area contributed by atoms with Gasteiger partial charge in [-0.1, -0.05) is 27.7 Å². The lowest BCUT2D eigenvalue weighted by Gasteiger charge is -2.06. The Morgan fingerprint density at radius 1 is 1.37 bits per heavy atom. The summed E-state index contributed by atoms with van der Waals surface area (Å²) in [6, 6.07) is 0. The third-order valence-electron chi connectivity index (χ3n) is 4.36. The van der Waals surface area contributed by atoms with E-state index in [-0.39, 0.29) is 22.5 Å². The molecule has 1 fully saturated rings. The molecule has 1 heterocycles. The van der Waals surface area contributed by atoms with Crippen LogP contribution < -0.4 is 4.72 Å². The topological polar surface area (TPSA) is 76.1 Å². The lowest BCUT2D eigenvalue weighted by molar-refractivity contribution is -0.121. The first-order valence-corrected chi connectivity index (χ1v) is 8.59. The van der Waals surface area contributed by atoms with Crippen LogP contribution in [0.4, 0.5) is 0 Å². The molecule has 1 aromatic heterocycles. The van der Waals surface area contributed by atoms with Gasteiger partial charge in [-0.3, -0.25) is 9.52 Å². The number of aromatic nitrogens is 1. The Kier molecular flexibility index (Phi) is 3.25. The van der Waals surface area contributed by atoms with Crippen molar-refractivity contribution in [2.24, 2.45) is 16.7 Å². The van der Waals surface area contributed by atoms with Crippen LogP contribution in [0, 0.1) is 16.7 Å². The summed E-state index contributed by atoms with van der Waals surface area (Å²) in [6.07, 6.45) is 0. The number of carbonyl (C=O) groups excluding carboxylic acids is 1. The minimum absolute atomic E-state index is 0.173. The first kappa shape index (κ1) is 14.5. The second-order valence-corrected chi connectivity index (χ2v) is 8.52. The SMILES string of the molecule is CC1(C)C(C(=O)NS(=O)(=O)Cc2cscn2)C1(C)C. The molecule has 7 heteroatoms. The van der Waals surface area contributed by atoms with Gasteiger partial charge in [-0.25, -0.2) is 13.4 Å². The van der Waals surface area contributed by atoms with E-state index in [2.05, 4.69) is 9.71 Å². The Hall–Kier alpha value is -0.950. The van der Waals surface area contributed by atoms with Crippen LogP contribution in [0.25, 0.3) is 0 Å². The maximum atomic E-state index is 12.1. The van der Waals surface area contributed by atoms with Crippen LogP contribution in [-0.4, -0.2) is 19.3 Å². The number of nitrogens with zero attached hydrogens (tertiary/aromatic N) is 1. The summed E-state index contributed by atoms with van der Waals surface area (Å²) in [5.41, 5.74) is 1.68. The molecule has 1 aliphatic rings. The smallest absolute Gasteiger partial charge is 0.240 e. The Morgan fingerprint density at radius 2 is 1.95 bits per heavy atom. The van der Waals surface area contributed by atoms with Crippen LogP contribution in [0.1, 0.15) is 33.4 Å². The number of sulfonamides is 1. The van der Waals surface area contributed by atoms with Gasteiger partial charge in [0.1, 0.15) is 5.75 Å². The van der Waals surface area contributed by atoms with E-state index >= 15 is 0 Å². The molecular formula is C12H18N2O3S2. The zero-order valence-corrected chi connectivity index (χ0v) is 13.1. The van der Waals surface area contributed by atoms with Gasteiger partial charge >= 0.3 is 0 Å². The van der Waals surface area contributed by atoms with Gasteiger partial charge in [0, 0.05) is 5.38 Å². The van der Waals surface area contributed by atoms with E-state index in [1.807, 2.05) is 27.7 Å². The van der Waals surface area contributed by atoms with Gasteiger partial charge in [-0.2, -0.15) is 0 Å². The van der Waals surface area contributed by atoms with Gasteiger partial charge in [-0.05, 0) is 10.8 Å². The third-order valence-corrected chi connectivity index (χ3v) is 6.18. The molecule has 0 radical (unpaired) electrons. The molecule has 0 atom stereocenters. The van der Waals surface area contributed by atoms with E-state index in [0.717, 1.165) is 0 Å². The van der Waals surface area contributed by atoms with Gasteiger partial charge in [0.2, 0.25) is 15.9 Å². The maximum Gasteiger partial charge on any atom is 0.240 e. The minimum Gasteiger partial charge on any atom is -0.274 e. The van der Waals surface area contributed by atoms with Crippen molar-refractivity contribution in [1.29, 1.82) is 0 Å². The van der Waals surface area contributed by atoms with E-state index in [1.165, 1.54) is 11.3 Å². The van der Waals surface area contributed by atoms with Crippen LogP contribution in [0.3, 0.4) is 0 Å². The second-order valence-electron chi connectivity index (χ2n) is 6.08. The zero-order chi connectivity index (χ0) is 14.5. The van der Waals surface area contributed by atoms with E-state index in [4.69, 9.17) is 0 Å². The van der Waals surface area contributed by atoms with Crippen LogP contribution >= 0.6 is 11.3 Å². The fraction of sp³-hybridized carbons (Fsp3) is 0.667. The summed E-state index contributed by atoms with van der Waals surface area (Å²) < 4.78 is 26.0. The van der Waals surface area contributed by atoms with Crippen molar-refractivity contribution in [2.45, 2.75) is 33.4 Å². The summed E-state index contributed by atoms with van der Waals surface area (Å²) >= 11 is 1.33. The Balaban J connectivity index is 2.04. The molecule has 0 bridgehead atoms. The Labute approximate surface area is 117 Å². The zero-order valence-electron chi connectivity index (χ0n) is 11.4. The highest BCUT2D eigenvalue weighted by Gasteiger charge is 2.68. The van der Waals surface area contributed by atoms with Crippen molar-refractivity contribution in [3.05, 3.63) is 16.6 Å². The maximum absolute atomic E-state index is 12.1. The molecule has 2 rings (SSSR count). The molecule has 0 saturated heterocycles. The van der Waals surface area contributed by atoms with E-state index in [0.29, 0.717) is 5.69 Å². The molecular weight excluding hydrogens is 284 g/mol. The van der Waals surface area contributed by atoms with Crippen molar-refractivity contribution < 1.29 is 13.2 Å². The molecule has 0 aliphatic heterocycles. The fourth-order valence-corrected chi connectivity index (χ4v) is 4.31. The summed E-state index contributed by atoms with van der Waals surface area (Å²) in [7, 11) is -3.66. The number of hydrogen-bond acceptors (Lipinski definition) is 5. The van der Waals surface area contributed by atoms with Crippen LogP contribution in [0.15, 0.2) is 10.9 Å². The molecule has 1 amide bonds. The summed E-state index contributed by atoms with van der Waals surface area (Å²) in [5, 5.41) is 1.66. The van der Waals surface area contributed by atoms with E-state index in [1.54, 1.807) is 10.9 Å². The molecule has 19 heavy (non-hydrogen) atoms. The first-order valence-electron chi connectivity index (χ1n) is 5.99. The average molecular weight is 302 g/mol. The summed E-state index contributed by atoms with van der Waals surface area (Å²) in [6.45, 7) is 7.91. The number of amides is 1. The highest BCUT2D eigenvalue weighted by molar-refractivity contribution is 7.89. The average Bonchev–Trinajstić information content (AvgIpc) is 2.60. The number of rotatable bonds is 4. The molecule has 106 valence electrons. The van der Waals surface area contributed by atoms with E-state index in [9.17, 15) is 13.2 Å². The molecule has 5 nitrogen and oxygen atoms in total. The second kappa shape index (κ2) is 4.28. The molecule has 0 unspecified atom stereocenters. The normalized spacial score (nSPS) is 21.1. The van der Waals surface area contributed by atoms with Crippen LogP contribution in [0.2, 0.25) is 0 Å². The van der Waals surface area contributed by atoms with Crippen LogP contribution in [-0.2, 0) is 20.6 Å². The van der Waals surface area contributed by atoms with Crippen molar-refractivity contribution in [1.82, 2.24) is 9.71 Å². The largest absolute Gasteiger partial charge is 0.274 e. The van der Waals surface area contributed by atoms with Crippen LogP contribution in [0.5, 0.6) is 0 Å². The molecule has 1 aromatic rings. The highest BCUT2D eigenvalue weighted by atomic mass is 32.2. The van der Waals surface area contributed by atoms with Gasteiger partial charge < -0.3 is 0 Å². The van der Waals surface area contributed by atoms with Gasteiger partial charge in [0.15, 0.2) is 0 Å². The number of carbonyl (C=O) groups is 1. The molecule has 0 aromatic carbocycles. The molecule has 1 aliphatic carbocycles. The van der Waals surface area contributed by atoms with E-state index < -0.39 is 15.9 Å². The summed E-state index contributed by atoms with van der Waals surface area (Å²) in [4.78, 5) is 16.0. The predicted molar refractivity (Wildman–Crippen MR) is 73.9 cm³/mol. The molecule has 1 N–H and O–H groups in total. The number of thiazole rings is 1. The molecule has 1 saturated carbocycles. The monoisotopic (exact) mass is 302 g/mol. The van der Waals surface area contributed by atoms with Crippen molar-refractivity contribution in [2.75, 3.05) is 0 Å². The first-order chi connectivity index (χ1) is 8.58. The van der Waals surface area contributed by atoms with Gasteiger partial charge in [0.05, 0.1) is 17.1 Å². The predicted octanol–water partition coefficient (Wildman–Crippen LogP) is 1.77. The van der Waals surface area contributed by atoms with Gasteiger partial charge in [0.25, 0.3) is 0 Å². The Bertz CT molecular complexity index is 575. The fourth-order valence-electron chi connectivity index (χ4n) is 2.60.